The van der Waals surface area contributed by atoms with Crippen LogP contribution in [-0.2, 0) is 0 Å². The van der Waals surface area contributed by atoms with E-state index in [1.807, 2.05) is 0 Å². The van der Waals surface area contributed by atoms with Crippen LogP contribution in [0.4, 0.5) is 35.1 Å². The summed E-state index contributed by atoms with van der Waals surface area (Å²) in [4.78, 5) is 7.56. The Labute approximate surface area is 242 Å². The lowest BCUT2D eigenvalue weighted by Crippen LogP contribution is -2.06. The van der Waals surface area contributed by atoms with E-state index in [0.717, 1.165) is 19.1 Å². The Morgan fingerprint density at radius 2 is 0.867 bits per heavy atom. The molecule has 5 aromatic rings. The maximum absolute atomic E-state index is 15.4. The molecule has 0 atom stereocenters. The number of nitriles is 5. The van der Waals surface area contributed by atoms with Crippen LogP contribution in [0.3, 0.4) is 0 Å². The summed E-state index contributed by atoms with van der Waals surface area (Å²) < 4.78 is 132. The third kappa shape index (κ3) is 4.02. The Balaban J connectivity index is 2.23. The predicted octanol–water partition coefficient (Wildman–Crippen LogP) is 5.05. The lowest BCUT2D eigenvalue weighted by molar-refractivity contribution is 0.454. The normalized spacial score (nSPS) is 11.5. The van der Waals surface area contributed by atoms with Crippen LogP contribution in [-0.4, -0.2) is 9.97 Å². The van der Waals surface area contributed by atoms with E-state index in [4.69, 9.17) is 19.4 Å². The first-order chi connectivity index (χ1) is 21.4. The SMILES string of the molecule is C/C(C#N)=c1\nc2c(-c3c(F)c(F)c(C#N)c(F)c3F)c3oc(=C(C#N)C#N)nc3c(-c3c(F)c(F)c(C#N)c(F)c3F)c2o1. The van der Waals surface area contributed by atoms with Gasteiger partial charge in [0.1, 0.15) is 52.5 Å². The van der Waals surface area contributed by atoms with E-state index in [1.54, 1.807) is 6.07 Å². The monoisotopic (exact) mass is 621 g/mol. The second-order valence-electron chi connectivity index (χ2n) is 8.71. The van der Waals surface area contributed by atoms with E-state index in [1.165, 1.54) is 12.1 Å². The Hall–Kier alpha value is -6.77. The Bertz CT molecular complexity index is 2340. The highest BCUT2D eigenvalue weighted by Gasteiger charge is 2.36. The van der Waals surface area contributed by atoms with Gasteiger partial charge in [0, 0.05) is 0 Å². The van der Waals surface area contributed by atoms with E-state index in [9.17, 15) is 33.3 Å². The van der Waals surface area contributed by atoms with Gasteiger partial charge < -0.3 is 8.83 Å². The molecule has 2 heterocycles. The van der Waals surface area contributed by atoms with Gasteiger partial charge in [0.05, 0.1) is 27.8 Å². The summed E-state index contributed by atoms with van der Waals surface area (Å²) >= 11 is 0. The zero-order valence-electron chi connectivity index (χ0n) is 21.5. The Morgan fingerprint density at radius 1 is 0.511 bits per heavy atom. The van der Waals surface area contributed by atoms with Crippen LogP contribution < -0.4 is 11.1 Å². The molecular formula is C28H3F8N7O2. The van der Waals surface area contributed by atoms with Crippen LogP contribution in [0.2, 0.25) is 0 Å². The molecule has 0 saturated carbocycles. The standard InChI is InChI=1S/C28H3F8N7O2/c1-7(2-37)27-42-23-13(11-19(33)15(29)9(5-40)16(30)20(11)34)26-24(43-28(45-26)8(3-38)4-39)14(25(23)44-27)12-21(35)17(31)10(6-41)18(32)22(12)36/h1H3/b27-7-. The van der Waals surface area contributed by atoms with Crippen LogP contribution >= 0.6 is 0 Å². The van der Waals surface area contributed by atoms with Crippen molar-refractivity contribution in [3.63, 3.8) is 0 Å². The van der Waals surface area contributed by atoms with Gasteiger partial charge in [-0.1, -0.05) is 0 Å². The summed E-state index contributed by atoms with van der Waals surface area (Å²) in [5.74, 6) is -17.8. The average Bonchev–Trinajstić information content (AvgIpc) is 3.66. The molecule has 0 aliphatic carbocycles. The summed E-state index contributed by atoms with van der Waals surface area (Å²) in [5, 5.41) is 46.0. The van der Waals surface area contributed by atoms with Gasteiger partial charge in [-0.2, -0.15) is 26.3 Å². The fourth-order valence-corrected chi connectivity index (χ4v) is 4.33. The van der Waals surface area contributed by atoms with Crippen LogP contribution in [0.1, 0.15) is 18.1 Å². The molecule has 0 unspecified atom stereocenters. The van der Waals surface area contributed by atoms with Crippen molar-refractivity contribution < 1.29 is 44.0 Å². The molecule has 0 bridgehead atoms. The summed E-state index contributed by atoms with van der Waals surface area (Å²) in [5.41, 5.74) is -16.4. The second kappa shape index (κ2) is 10.5. The number of halogens is 8. The van der Waals surface area contributed by atoms with E-state index in [-0.39, 0.29) is 0 Å². The molecule has 0 fully saturated rings. The van der Waals surface area contributed by atoms with Gasteiger partial charge in [0.25, 0.3) is 0 Å². The maximum Gasteiger partial charge on any atom is 0.249 e. The van der Waals surface area contributed by atoms with Crippen molar-refractivity contribution in [2.75, 3.05) is 0 Å². The van der Waals surface area contributed by atoms with E-state index in [2.05, 4.69) is 9.97 Å². The zero-order chi connectivity index (χ0) is 33.1. The van der Waals surface area contributed by atoms with Crippen molar-refractivity contribution in [2.45, 2.75) is 6.92 Å². The van der Waals surface area contributed by atoms with Crippen molar-refractivity contribution in [2.24, 2.45) is 0 Å². The van der Waals surface area contributed by atoms with Crippen molar-refractivity contribution >= 4 is 33.3 Å². The Morgan fingerprint density at radius 3 is 1.20 bits per heavy atom. The fraction of sp³-hybridized carbons (Fsp3) is 0.0357. The van der Waals surface area contributed by atoms with Crippen LogP contribution in [0.15, 0.2) is 8.83 Å². The third-order valence-electron chi connectivity index (χ3n) is 6.36. The molecule has 0 spiro atoms. The largest absolute Gasteiger partial charge is 0.435 e. The van der Waals surface area contributed by atoms with Gasteiger partial charge in [-0.3, -0.25) is 0 Å². The van der Waals surface area contributed by atoms with Crippen molar-refractivity contribution in [1.29, 1.82) is 26.3 Å². The number of hydrogen-bond acceptors (Lipinski definition) is 9. The lowest BCUT2D eigenvalue weighted by atomic mass is 9.93. The van der Waals surface area contributed by atoms with Gasteiger partial charge >= 0.3 is 0 Å². The summed E-state index contributed by atoms with van der Waals surface area (Å²) in [6.45, 7) is 1.08. The number of hydrogen-bond donors (Lipinski definition) is 0. The van der Waals surface area contributed by atoms with Gasteiger partial charge in [-0.15, -0.1) is 0 Å². The first-order valence-electron chi connectivity index (χ1n) is 11.6. The molecular weight excluding hydrogens is 618 g/mol. The minimum atomic E-state index is -2.23. The van der Waals surface area contributed by atoms with Crippen LogP contribution in [0.25, 0.3) is 55.6 Å². The number of oxazole rings is 2. The number of nitrogens with zero attached hydrogens (tertiary/aromatic N) is 7. The molecule has 0 amide bonds. The minimum Gasteiger partial charge on any atom is -0.435 e. The van der Waals surface area contributed by atoms with E-state index in [0.29, 0.717) is 0 Å². The van der Waals surface area contributed by atoms with E-state index < -0.39 is 124 Å². The average molecular weight is 621 g/mol. The quantitative estimate of drug-likeness (QED) is 0.193. The van der Waals surface area contributed by atoms with Gasteiger partial charge in [0.15, 0.2) is 63.3 Å². The molecule has 45 heavy (non-hydrogen) atoms. The molecule has 9 nitrogen and oxygen atoms in total. The molecule has 218 valence electrons. The molecule has 3 aromatic carbocycles. The zero-order valence-corrected chi connectivity index (χ0v) is 21.5. The van der Waals surface area contributed by atoms with Crippen molar-refractivity contribution in [3.05, 3.63) is 68.8 Å². The van der Waals surface area contributed by atoms with Gasteiger partial charge in [0.2, 0.25) is 11.1 Å². The van der Waals surface area contributed by atoms with Gasteiger partial charge in [-0.25, -0.2) is 45.1 Å². The minimum absolute atomic E-state index is 0.408. The molecule has 0 N–H and O–H groups in total. The second-order valence-corrected chi connectivity index (χ2v) is 8.71. The number of rotatable bonds is 2. The number of fused-ring (bicyclic) bond motifs is 2. The highest BCUT2D eigenvalue weighted by atomic mass is 19.2. The van der Waals surface area contributed by atoms with E-state index >= 15 is 17.6 Å². The maximum atomic E-state index is 15.4. The first kappa shape index (κ1) is 29.7. The lowest BCUT2D eigenvalue weighted by Gasteiger charge is -2.13. The first-order valence-corrected chi connectivity index (χ1v) is 11.6. The summed E-state index contributed by atoms with van der Waals surface area (Å²) in [6, 6.07) is 6.12. The van der Waals surface area contributed by atoms with Crippen LogP contribution in [0.5, 0.6) is 0 Å². The molecule has 0 aliphatic rings. The third-order valence-corrected chi connectivity index (χ3v) is 6.36. The topological polar surface area (TPSA) is 171 Å². The molecule has 0 aliphatic heterocycles. The molecule has 2 aromatic heterocycles. The van der Waals surface area contributed by atoms with Crippen LogP contribution in [0, 0.1) is 103 Å². The Kier molecular flexibility index (Phi) is 6.93. The van der Waals surface area contributed by atoms with Gasteiger partial charge in [-0.05, 0) is 6.92 Å². The van der Waals surface area contributed by atoms with Crippen molar-refractivity contribution in [3.8, 4) is 52.6 Å². The number of aromatic nitrogens is 2. The summed E-state index contributed by atoms with van der Waals surface area (Å²) in [7, 11) is 0. The smallest absolute Gasteiger partial charge is 0.249 e. The molecule has 5 rings (SSSR count). The molecule has 0 radical (unpaired) electrons. The highest BCUT2D eigenvalue weighted by molar-refractivity contribution is 6.16. The predicted molar refractivity (Wildman–Crippen MR) is 130 cm³/mol. The fourth-order valence-electron chi connectivity index (χ4n) is 4.33. The summed E-state index contributed by atoms with van der Waals surface area (Å²) in [6.07, 6.45) is 0. The molecule has 0 saturated heterocycles. The van der Waals surface area contributed by atoms with Crippen molar-refractivity contribution in [1.82, 2.24) is 9.97 Å². The number of benzene rings is 3. The molecule has 17 heteroatoms. The highest BCUT2D eigenvalue weighted by Crippen LogP contribution is 2.46.